The summed E-state index contributed by atoms with van der Waals surface area (Å²) in [6.07, 6.45) is 1.27. The third-order valence-corrected chi connectivity index (χ3v) is 3.25. The van der Waals surface area contributed by atoms with Crippen LogP contribution in [0.5, 0.6) is 0 Å². The average Bonchev–Trinajstić information content (AvgIpc) is 2.38. The van der Waals surface area contributed by atoms with Crippen LogP contribution >= 0.6 is 0 Å². The minimum atomic E-state index is -0.735. The molecule has 0 aromatic carbocycles. The van der Waals surface area contributed by atoms with Crippen LogP contribution in [0, 0.1) is 17.0 Å². The zero-order valence-corrected chi connectivity index (χ0v) is 13.1. The molecule has 4 nitrogen and oxygen atoms in total. The lowest BCUT2D eigenvalue weighted by Gasteiger charge is -2.31. The zero-order chi connectivity index (χ0) is 16.0. The van der Waals surface area contributed by atoms with Crippen LogP contribution in [0.1, 0.15) is 40.5 Å². The molecule has 1 unspecified atom stereocenters. The second-order valence-corrected chi connectivity index (χ2v) is 6.15. The second-order valence-electron chi connectivity index (χ2n) is 6.15. The highest BCUT2D eigenvalue weighted by atomic mass is 19.1. The maximum absolute atomic E-state index is 13.9. The predicted octanol–water partition coefficient (Wildman–Crippen LogP) is 3.39. The maximum Gasteiger partial charge on any atom is 0.168 e. The predicted molar refractivity (Wildman–Crippen MR) is 81.5 cm³/mol. The first-order valence-corrected chi connectivity index (χ1v) is 7.27. The van der Waals surface area contributed by atoms with Crippen LogP contribution in [-0.4, -0.2) is 29.3 Å². The number of hydrogen-bond donors (Lipinski definition) is 3. The molecule has 1 heterocycles. The molecule has 1 atom stereocenters. The van der Waals surface area contributed by atoms with Gasteiger partial charge in [-0.15, -0.1) is 0 Å². The van der Waals surface area contributed by atoms with Crippen molar-refractivity contribution in [1.82, 2.24) is 4.98 Å². The van der Waals surface area contributed by atoms with Gasteiger partial charge in [0.25, 0.3) is 0 Å². The molecule has 0 aliphatic carbocycles. The van der Waals surface area contributed by atoms with E-state index >= 15 is 0 Å². The minimum Gasteiger partial charge on any atom is -0.396 e. The molecule has 6 heteroatoms. The summed E-state index contributed by atoms with van der Waals surface area (Å²) in [5.41, 5.74) is -0.192. The molecule has 0 aliphatic heterocycles. The Labute approximate surface area is 125 Å². The van der Waals surface area contributed by atoms with E-state index in [1.54, 1.807) is 0 Å². The van der Waals surface area contributed by atoms with Crippen molar-refractivity contribution in [2.24, 2.45) is 5.41 Å². The van der Waals surface area contributed by atoms with E-state index in [1.165, 1.54) is 0 Å². The molecule has 0 aliphatic rings. The highest BCUT2D eigenvalue weighted by molar-refractivity contribution is 5.48. The molecule has 1 aromatic rings. The van der Waals surface area contributed by atoms with E-state index in [9.17, 15) is 8.78 Å². The van der Waals surface area contributed by atoms with Crippen LogP contribution < -0.4 is 10.6 Å². The Morgan fingerprint density at radius 1 is 1.24 bits per heavy atom. The first kappa shape index (κ1) is 17.6. The van der Waals surface area contributed by atoms with Crippen LogP contribution in [0.3, 0.4) is 0 Å². The zero-order valence-electron chi connectivity index (χ0n) is 13.1. The Hall–Kier alpha value is -1.43. The Morgan fingerprint density at radius 2 is 1.86 bits per heavy atom. The van der Waals surface area contributed by atoms with E-state index < -0.39 is 11.6 Å². The first-order valence-electron chi connectivity index (χ1n) is 7.27. The van der Waals surface area contributed by atoms with Gasteiger partial charge >= 0.3 is 0 Å². The summed E-state index contributed by atoms with van der Waals surface area (Å²) in [6, 6.07) is 0.653. The van der Waals surface area contributed by atoms with Gasteiger partial charge < -0.3 is 15.7 Å². The van der Waals surface area contributed by atoms with Gasteiger partial charge in [0.05, 0.1) is 0 Å². The Kier molecular flexibility index (Phi) is 6.33. The fourth-order valence-corrected chi connectivity index (χ4v) is 1.95. The number of rotatable bonds is 7. The lowest BCUT2D eigenvalue weighted by Crippen LogP contribution is -2.35. The summed E-state index contributed by atoms with van der Waals surface area (Å²) >= 11 is 0. The molecule has 21 heavy (non-hydrogen) atoms. The SMILES string of the molecule is CCCNc1nc(NC(CCO)C(C)(C)C)c(F)cc1F. The van der Waals surface area contributed by atoms with Crippen molar-refractivity contribution in [3.63, 3.8) is 0 Å². The van der Waals surface area contributed by atoms with Crippen molar-refractivity contribution in [2.45, 2.75) is 46.6 Å². The lowest BCUT2D eigenvalue weighted by atomic mass is 9.85. The fourth-order valence-electron chi connectivity index (χ4n) is 1.95. The Bertz CT molecular complexity index is 461. The van der Waals surface area contributed by atoms with Gasteiger partial charge in [-0.3, -0.25) is 0 Å². The van der Waals surface area contributed by atoms with E-state index in [4.69, 9.17) is 5.11 Å². The Balaban J connectivity index is 3.00. The van der Waals surface area contributed by atoms with Crippen molar-refractivity contribution < 1.29 is 13.9 Å². The van der Waals surface area contributed by atoms with Crippen LogP contribution in [0.25, 0.3) is 0 Å². The number of pyridine rings is 1. The third kappa shape index (κ3) is 5.12. The summed E-state index contributed by atoms with van der Waals surface area (Å²) in [5.74, 6) is -1.40. The molecule has 1 rings (SSSR count). The van der Waals surface area contributed by atoms with Gasteiger partial charge in [-0.2, -0.15) is 0 Å². The number of hydrogen-bond acceptors (Lipinski definition) is 4. The van der Waals surface area contributed by atoms with Gasteiger partial charge in [0.1, 0.15) is 0 Å². The van der Waals surface area contributed by atoms with Gasteiger partial charge in [-0.25, -0.2) is 13.8 Å². The van der Waals surface area contributed by atoms with Gasteiger partial charge in [0.2, 0.25) is 0 Å². The summed E-state index contributed by atoms with van der Waals surface area (Å²) in [4.78, 5) is 3.99. The van der Waals surface area contributed by atoms with Crippen molar-refractivity contribution in [2.75, 3.05) is 23.8 Å². The third-order valence-electron chi connectivity index (χ3n) is 3.25. The van der Waals surface area contributed by atoms with E-state index in [-0.39, 0.29) is 29.7 Å². The van der Waals surface area contributed by atoms with Crippen LogP contribution in [0.4, 0.5) is 20.4 Å². The second kappa shape index (κ2) is 7.54. The number of aliphatic hydroxyl groups is 1. The normalized spacial score (nSPS) is 13.1. The molecule has 0 fully saturated rings. The van der Waals surface area contributed by atoms with Crippen LogP contribution in [0.15, 0.2) is 6.07 Å². The van der Waals surface area contributed by atoms with E-state index in [0.717, 1.165) is 12.5 Å². The van der Waals surface area contributed by atoms with Gasteiger partial charge in [-0.1, -0.05) is 27.7 Å². The smallest absolute Gasteiger partial charge is 0.168 e. The first-order chi connectivity index (χ1) is 9.79. The number of aromatic nitrogens is 1. The quantitative estimate of drug-likeness (QED) is 0.722. The fraction of sp³-hybridized carbons (Fsp3) is 0.667. The van der Waals surface area contributed by atoms with E-state index in [0.29, 0.717) is 13.0 Å². The summed E-state index contributed by atoms with van der Waals surface area (Å²) < 4.78 is 27.5. The Morgan fingerprint density at radius 3 is 2.38 bits per heavy atom. The van der Waals surface area contributed by atoms with Crippen molar-refractivity contribution in [3.05, 3.63) is 17.7 Å². The largest absolute Gasteiger partial charge is 0.396 e. The molecule has 0 amide bonds. The van der Waals surface area contributed by atoms with Crippen LogP contribution in [0.2, 0.25) is 0 Å². The molecule has 0 bridgehead atoms. The molecule has 3 N–H and O–H groups in total. The molecule has 1 aromatic heterocycles. The number of halogens is 2. The van der Waals surface area contributed by atoms with Crippen LogP contribution in [-0.2, 0) is 0 Å². The van der Waals surface area contributed by atoms with E-state index in [1.807, 2.05) is 27.7 Å². The van der Waals surface area contributed by atoms with Crippen molar-refractivity contribution >= 4 is 11.6 Å². The van der Waals surface area contributed by atoms with Crippen molar-refractivity contribution in [1.29, 1.82) is 0 Å². The maximum atomic E-state index is 13.9. The lowest BCUT2D eigenvalue weighted by molar-refractivity contribution is 0.234. The summed E-state index contributed by atoms with van der Waals surface area (Å²) in [6.45, 7) is 8.45. The minimum absolute atomic E-state index is 0.00313. The van der Waals surface area contributed by atoms with Crippen molar-refractivity contribution in [3.8, 4) is 0 Å². The van der Waals surface area contributed by atoms with Gasteiger partial charge in [0.15, 0.2) is 23.3 Å². The topological polar surface area (TPSA) is 57.2 Å². The standard InChI is InChI=1S/C15H25F2N3O/c1-5-7-18-13-10(16)9-11(17)14(20-13)19-12(6-8-21)15(2,3)4/h9,12,21H,5-8H2,1-4H3,(H2,18,19,20). The summed E-state index contributed by atoms with van der Waals surface area (Å²) in [7, 11) is 0. The highest BCUT2D eigenvalue weighted by Crippen LogP contribution is 2.27. The molecule has 0 radical (unpaired) electrons. The monoisotopic (exact) mass is 301 g/mol. The number of aliphatic hydroxyl groups excluding tert-OH is 1. The van der Waals surface area contributed by atoms with Gasteiger partial charge in [0, 0.05) is 25.3 Å². The number of anilines is 2. The number of nitrogens with one attached hydrogen (secondary N) is 2. The van der Waals surface area contributed by atoms with Gasteiger partial charge in [-0.05, 0) is 18.3 Å². The number of nitrogens with zero attached hydrogens (tertiary/aromatic N) is 1. The summed E-state index contributed by atoms with van der Waals surface area (Å²) in [5, 5.41) is 14.9. The molecule has 0 saturated carbocycles. The molecule has 120 valence electrons. The molecular weight excluding hydrogens is 276 g/mol. The molecule has 0 spiro atoms. The molecule has 0 saturated heterocycles. The highest BCUT2D eigenvalue weighted by Gasteiger charge is 2.26. The van der Waals surface area contributed by atoms with E-state index in [2.05, 4.69) is 15.6 Å². The molecular formula is C15H25F2N3O. The average molecular weight is 301 g/mol.